The van der Waals surface area contributed by atoms with Crippen molar-refractivity contribution >= 4 is 11.5 Å². The summed E-state index contributed by atoms with van der Waals surface area (Å²) in [7, 11) is 1.32. The number of methoxy groups -OCH3 is 1. The Morgan fingerprint density at radius 2 is 2.07 bits per heavy atom. The van der Waals surface area contributed by atoms with Gasteiger partial charge in [-0.05, 0) is 23.6 Å². The molecule has 1 unspecified atom stereocenters. The molecule has 0 radical (unpaired) electrons. The third-order valence-electron chi connectivity index (χ3n) is 2.74. The molecule has 0 saturated heterocycles. The van der Waals surface area contributed by atoms with E-state index in [0.717, 1.165) is 16.7 Å². The van der Waals surface area contributed by atoms with Gasteiger partial charge >= 0.3 is 5.97 Å². The summed E-state index contributed by atoms with van der Waals surface area (Å²) in [6.07, 6.45) is -0.853. The minimum absolute atomic E-state index is 0.346. The van der Waals surface area contributed by atoms with Crippen LogP contribution in [0.3, 0.4) is 0 Å². The zero-order valence-corrected chi connectivity index (χ0v) is 8.65. The zero-order valence-electron chi connectivity index (χ0n) is 8.65. The van der Waals surface area contributed by atoms with Crippen molar-refractivity contribution in [1.82, 2.24) is 0 Å². The van der Waals surface area contributed by atoms with Crippen molar-refractivity contribution in [2.75, 3.05) is 7.11 Å². The normalized spacial score (nSPS) is 19.0. The number of fused-ring (bicyclic) bond motifs is 1. The number of esters is 1. The minimum Gasteiger partial charge on any atom is -0.466 e. The molecule has 2 rings (SSSR count). The first-order chi connectivity index (χ1) is 7.16. The molecule has 1 N–H and O–H groups in total. The summed E-state index contributed by atoms with van der Waals surface area (Å²) in [6.45, 7) is 1.82. The summed E-state index contributed by atoms with van der Waals surface area (Å²) in [6, 6.07) is 7.44. The summed E-state index contributed by atoms with van der Waals surface area (Å²) in [4.78, 5) is 11.5. The molecule has 3 heteroatoms. The topological polar surface area (TPSA) is 46.5 Å². The highest BCUT2D eigenvalue weighted by molar-refractivity contribution is 6.01. The van der Waals surface area contributed by atoms with E-state index in [2.05, 4.69) is 4.74 Å². The molecule has 0 aromatic heterocycles. The molecule has 0 heterocycles. The molecule has 0 spiro atoms. The van der Waals surface area contributed by atoms with Crippen LogP contribution in [0.2, 0.25) is 0 Å². The lowest BCUT2D eigenvalue weighted by molar-refractivity contribution is -0.137. The molecule has 1 atom stereocenters. The smallest absolute Gasteiger partial charge is 0.337 e. The average Bonchev–Trinajstić information content (AvgIpc) is 2.52. The third kappa shape index (κ3) is 1.36. The lowest BCUT2D eigenvalue weighted by Crippen LogP contribution is -2.10. The Bertz CT molecular complexity index is 446. The Balaban J connectivity index is 2.55. The Labute approximate surface area is 88.0 Å². The SMILES string of the molecule is COC(=O)C1=C(C)c2ccccc2C1O. The maximum atomic E-state index is 11.5. The standard InChI is InChI=1S/C12H12O3/c1-7-8-5-3-4-6-9(8)11(13)10(7)12(14)15-2/h3-6,11,13H,1-2H3. The molecule has 1 aromatic carbocycles. The molecule has 3 nitrogen and oxygen atoms in total. The Kier molecular flexibility index (Phi) is 2.32. The van der Waals surface area contributed by atoms with Crippen molar-refractivity contribution < 1.29 is 14.6 Å². The summed E-state index contributed by atoms with van der Waals surface area (Å²) >= 11 is 0. The van der Waals surface area contributed by atoms with Crippen molar-refractivity contribution in [3.63, 3.8) is 0 Å². The quantitative estimate of drug-likeness (QED) is 0.708. The predicted octanol–water partition coefficient (Wildman–Crippen LogP) is 1.68. The van der Waals surface area contributed by atoms with Crippen LogP contribution in [0.5, 0.6) is 0 Å². The van der Waals surface area contributed by atoms with Crippen LogP contribution in [0, 0.1) is 0 Å². The molecule has 0 fully saturated rings. The highest BCUT2D eigenvalue weighted by atomic mass is 16.5. The maximum absolute atomic E-state index is 11.5. The van der Waals surface area contributed by atoms with Gasteiger partial charge in [-0.15, -0.1) is 0 Å². The number of aliphatic hydroxyl groups excluding tert-OH is 1. The van der Waals surface area contributed by atoms with Crippen LogP contribution in [-0.2, 0) is 9.53 Å². The minimum atomic E-state index is -0.853. The number of allylic oxidation sites excluding steroid dienone is 1. The van der Waals surface area contributed by atoms with E-state index in [0.29, 0.717) is 5.57 Å². The van der Waals surface area contributed by atoms with Crippen molar-refractivity contribution in [3.05, 3.63) is 41.0 Å². The monoisotopic (exact) mass is 204 g/mol. The van der Waals surface area contributed by atoms with E-state index < -0.39 is 12.1 Å². The molecule has 0 aliphatic heterocycles. The predicted molar refractivity (Wildman–Crippen MR) is 56.0 cm³/mol. The second-order valence-corrected chi connectivity index (χ2v) is 3.52. The molecule has 0 saturated carbocycles. The number of rotatable bonds is 1. The second kappa shape index (κ2) is 3.51. The number of hydrogen-bond acceptors (Lipinski definition) is 3. The number of benzene rings is 1. The van der Waals surface area contributed by atoms with E-state index in [4.69, 9.17) is 0 Å². The van der Waals surface area contributed by atoms with Crippen molar-refractivity contribution in [2.45, 2.75) is 13.0 Å². The lowest BCUT2D eigenvalue weighted by Gasteiger charge is -2.07. The first-order valence-corrected chi connectivity index (χ1v) is 4.73. The van der Waals surface area contributed by atoms with Gasteiger partial charge in [-0.3, -0.25) is 0 Å². The lowest BCUT2D eigenvalue weighted by atomic mass is 10.1. The van der Waals surface area contributed by atoms with Gasteiger partial charge in [-0.2, -0.15) is 0 Å². The average molecular weight is 204 g/mol. The van der Waals surface area contributed by atoms with Gasteiger partial charge < -0.3 is 9.84 Å². The van der Waals surface area contributed by atoms with Crippen LogP contribution < -0.4 is 0 Å². The van der Waals surface area contributed by atoms with Crippen molar-refractivity contribution in [1.29, 1.82) is 0 Å². The van der Waals surface area contributed by atoms with Crippen LogP contribution in [0.1, 0.15) is 24.2 Å². The molecule has 1 aromatic rings. The van der Waals surface area contributed by atoms with Crippen molar-refractivity contribution in [2.24, 2.45) is 0 Å². The van der Waals surface area contributed by atoms with E-state index in [-0.39, 0.29) is 0 Å². The first-order valence-electron chi connectivity index (χ1n) is 4.73. The molecule has 78 valence electrons. The molecule has 1 aliphatic carbocycles. The summed E-state index contributed by atoms with van der Waals surface area (Å²) in [5.74, 6) is -0.462. The fourth-order valence-corrected chi connectivity index (χ4v) is 1.96. The number of hydrogen-bond donors (Lipinski definition) is 1. The van der Waals surface area contributed by atoms with Gasteiger partial charge in [0.1, 0.15) is 6.10 Å². The van der Waals surface area contributed by atoms with Gasteiger partial charge in [0, 0.05) is 0 Å². The fraction of sp³-hybridized carbons (Fsp3) is 0.250. The van der Waals surface area contributed by atoms with Crippen molar-refractivity contribution in [3.8, 4) is 0 Å². The largest absolute Gasteiger partial charge is 0.466 e. The van der Waals surface area contributed by atoms with Gasteiger partial charge in [-0.1, -0.05) is 24.3 Å². The number of aliphatic hydroxyl groups is 1. The van der Waals surface area contributed by atoms with Gasteiger partial charge in [-0.25, -0.2) is 4.79 Å². The second-order valence-electron chi connectivity index (χ2n) is 3.52. The number of ether oxygens (including phenoxy) is 1. The van der Waals surface area contributed by atoms with E-state index in [1.165, 1.54) is 7.11 Å². The Morgan fingerprint density at radius 1 is 1.40 bits per heavy atom. The van der Waals surface area contributed by atoms with Gasteiger partial charge in [0.25, 0.3) is 0 Å². The van der Waals surface area contributed by atoms with E-state index in [9.17, 15) is 9.90 Å². The van der Waals surface area contributed by atoms with Crippen LogP contribution >= 0.6 is 0 Å². The van der Waals surface area contributed by atoms with Gasteiger partial charge in [0.15, 0.2) is 0 Å². The number of carbonyl (C=O) groups is 1. The molecule has 0 bridgehead atoms. The van der Waals surface area contributed by atoms with Crippen LogP contribution in [0.25, 0.3) is 5.57 Å². The van der Waals surface area contributed by atoms with Crippen LogP contribution in [-0.4, -0.2) is 18.2 Å². The van der Waals surface area contributed by atoms with E-state index >= 15 is 0 Å². The highest BCUT2D eigenvalue weighted by Gasteiger charge is 2.32. The summed E-state index contributed by atoms with van der Waals surface area (Å²) in [5.41, 5.74) is 2.84. The molecule has 0 amide bonds. The van der Waals surface area contributed by atoms with E-state index in [1.807, 2.05) is 31.2 Å². The first kappa shape index (κ1) is 9.93. The zero-order chi connectivity index (χ0) is 11.0. The van der Waals surface area contributed by atoms with E-state index in [1.54, 1.807) is 0 Å². The maximum Gasteiger partial charge on any atom is 0.337 e. The molecular formula is C12H12O3. The number of carbonyl (C=O) groups excluding carboxylic acids is 1. The molecular weight excluding hydrogens is 192 g/mol. The van der Waals surface area contributed by atoms with Gasteiger partial charge in [0.2, 0.25) is 0 Å². The Hall–Kier alpha value is -1.61. The third-order valence-corrected chi connectivity index (χ3v) is 2.74. The molecule has 1 aliphatic rings. The van der Waals surface area contributed by atoms with Gasteiger partial charge in [0.05, 0.1) is 12.7 Å². The Morgan fingerprint density at radius 3 is 2.67 bits per heavy atom. The van der Waals surface area contributed by atoms with Crippen LogP contribution in [0.15, 0.2) is 29.8 Å². The highest BCUT2D eigenvalue weighted by Crippen LogP contribution is 2.40. The van der Waals surface area contributed by atoms with Crippen LogP contribution in [0.4, 0.5) is 0 Å². The summed E-state index contributed by atoms with van der Waals surface area (Å²) < 4.78 is 4.65. The summed E-state index contributed by atoms with van der Waals surface area (Å²) in [5, 5.41) is 9.95. The fourth-order valence-electron chi connectivity index (χ4n) is 1.96. The molecule has 15 heavy (non-hydrogen) atoms.